The van der Waals surface area contributed by atoms with Gasteiger partial charge < -0.3 is 24.6 Å². The van der Waals surface area contributed by atoms with Crippen molar-refractivity contribution >= 4 is 30.1 Å². The van der Waals surface area contributed by atoms with E-state index in [0.29, 0.717) is 28.2 Å². The van der Waals surface area contributed by atoms with Crippen molar-refractivity contribution in [2.45, 2.75) is 0 Å². The number of amides is 2. The zero-order valence-corrected chi connectivity index (χ0v) is 18.8. The van der Waals surface area contributed by atoms with Crippen LogP contribution >= 0.6 is 0 Å². The van der Waals surface area contributed by atoms with Crippen LogP contribution in [0.3, 0.4) is 0 Å². The first-order valence-electron chi connectivity index (χ1n) is 10.7. The molecule has 2 amide bonds. The number of para-hydroxylation sites is 1. The summed E-state index contributed by atoms with van der Waals surface area (Å²) in [6.07, 6.45) is 2.80. The van der Waals surface area contributed by atoms with Crippen molar-refractivity contribution in [2.24, 2.45) is 5.10 Å². The van der Waals surface area contributed by atoms with Crippen LogP contribution in [0, 0.1) is 0 Å². The Hall–Kier alpha value is -5.12. The summed E-state index contributed by atoms with van der Waals surface area (Å²) in [5.74, 6) is -0.895. The molecule has 4 rings (SSSR count). The highest BCUT2D eigenvalue weighted by Gasteiger charge is 2.17. The summed E-state index contributed by atoms with van der Waals surface area (Å²) >= 11 is 0. The molecular weight excluding hydrogens is 466 g/mol. The fraction of sp³-hybridized carbons (Fsp3) is 0.0769. The SMILES string of the molecule is O=C(O)COc1ccccc1/C=N\NC(=O)/C(=C\c1ccc2c(c1)OCO2)NC(=O)c1ccccc1. The highest BCUT2D eigenvalue weighted by Crippen LogP contribution is 2.33. The summed E-state index contributed by atoms with van der Waals surface area (Å²) in [7, 11) is 0. The summed E-state index contributed by atoms with van der Waals surface area (Å²) in [5.41, 5.74) is 3.73. The van der Waals surface area contributed by atoms with Gasteiger partial charge in [-0.15, -0.1) is 0 Å². The lowest BCUT2D eigenvalue weighted by Gasteiger charge is -2.10. The average Bonchev–Trinajstić information content (AvgIpc) is 3.36. The van der Waals surface area contributed by atoms with E-state index < -0.39 is 24.4 Å². The Morgan fingerprint density at radius 2 is 1.72 bits per heavy atom. The van der Waals surface area contributed by atoms with Crippen molar-refractivity contribution in [3.63, 3.8) is 0 Å². The van der Waals surface area contributed by atoms with Crippen LogP contribution in [0.15, 0.2) is 83.6 Å². The Labute approximate surface area is 205 Å². The van der Waals surface area contributed by atoms with Gasteiger partial charge in [-0.3, -0.25) is 9.59 Å². The van der Waals surface area contributed by atoms with Crippen LogP contribution < -0.4 is 25.0 Å². The first-order valence-corrected chi connectivity index (χ1v) is 10.7. The van der Waals surface area contributed by atoms with Gasteiger partial charge in [0, 0.05) is 11.1 Å². The molecule has 36 heavy (non-hydrogen) atoms. The zero-order chi connectivity index (χ0) is 25.3. The highest BCUT2D eigenvalue weighted by atomic mass is 16.7. The smallest absolute Gasteiger partial charge is 0.341 e. The van der Waals surface area contributed by atoms with E-state index in [1.165, 1.54) is 12.3 Å². The summed E-state index contributed by atoms with van der Waals surface area (Å²) in [6, 6.07) is 20.2. The number of fused-ring (bicyclic) bond motifs is 1. The van der Waals surface area contributed by atoms with E-state index >= 15 is 0 Å². The first-order chi connectivity index (χ1) is 17.5. The fourth-order valence-corrected chi connectivity index (χ4v) is 3.19. The van der Waals surface area contributed by atoms with E-state index in [2.05, 4.69) is 15.8 Å². The monoisotopic (exact) mass is 487 g/mol. The molecular formula is C26H21N3O7. The van der Waals surface area contributed by atoms with Crippen LogP contribution in [0.25, 0.3) is 6.08 Å². The summed E-state index contributed by atoms with van der Waals surface area (Å²) in [6.45, 7) is -0.419. The minimum absolute atomic E-state index is 0.0599. The number of carbonyl (C=O) groups is 3. The molecule has 10 heteroatoms. The molecule has 1 aliphatic heterocycles. The van der Waals surface area contributed by atoms with Gasteiger partial charge in [0.05, 0.1) is 6.21 Å². The van der Waals surface area contributed by atoms with Gasteiger partial charge in [0.15, 0.2) is 18.1 Å². The Balaban J connectivity index is 1.54. The summed E-state index contributed by atoms with van der Waals surface area (Å²) in [5, 5.41) is 15.4. The number of hydrogen-bond acceptors (Lipinski definition) is 7. The molecule has 3 aromatic rings. The predicted octanol–water partition coefficient (Wildman–Crippen LogP) is 2.80. The van der Waals surface area contributed by atoms with Crippen LogP contribution in [0.5, 0.6) is 17.2 Å². The van der Waals surface area contributed by atoms with Gasteiger partial charge in [-0.25, -0.2) is 10.2 Å². The van der Waals surface area contributed by atoms with Gasteiger partial charge in [0.25, 0.3) is 11.8 Å². The molecule has 0 atom stereocenters. The van der Waals surface area contributed by atoms with Crippen molar-refractivity contribution in [3.05, 3.63) is 95.2 Å². The molecule has 10 nitrogen and oxygen atoms in total. The number of benzene rings is 3. The predicted molar refractivity (Wildman–Crippen MR) is 130 cm³/mol. The number of carboxylic acid groups (broad SMARTS) is 1. The topological polar surface area (TPSA) is 136 Å². The van der Waals surface area contributed by atoms with E-state index in [-0.39, 0.29) is 18.2 Å². The van der Waals surface area contributed by atoms with Crippen LogP contribution in [0.2, 0.25) is 0 Å². The van der Waals surface area contributed by atoms with Crippen molar-refractivity contribution in [2.75, 3.05) is 13.4 Å². The van der Waals surface area contributed by atoms with Gasteiger partial charge in [-0.05, 0) is 48.0 Å². The Kier molecular flexibility index (Phi) is 7.57. The van der Waals surface area contributed by atoms with Crippen molar-refractivity contribution in [3.8, 4) is 17.2 Å². The van der Waals surface area contributed by atoms with E-state index in [1.807, 2.05) is 0 Å². The Morgan fingerprint density at radius 1 is 0.972 bits per heavy atom. The quantitative estimate of drug-likeness (QED) is 0.240. The second-order valence-electron chi connectivity index (χ2n) is 7.41. The standard InChI is InChI=1S/C26H21N3O7/c30-24(31)15-34-21-9-5-4-8-19(21)14-27-29-26(33)20(28-25(32)18-6-2-1-3-7-18)12-17-10-11-22-23(13-17)36-16-35-22/h1-14H,15-16H2,(H,28,32)(H,29,33)(H,30,31)/b20-12+,27-14-. The third-order valence-corrected chi connectivity index (χ3v) is 4.88. The first kappa shape index (κ1) is 24.0. The molecule has 3 aromatic carbocycles. The van der Waals surface area contributed by atoms with Crippen molar-refractivity contribution in [1.29, 1.82) is 0 Å². The number of hydrazone groups is 1. The minimum atomic E-state index is -1.12. The van der Waals surface area contributed by atoms with Gasteiger partial charge in [-0.2, -0.15) is 5.10 Å². The lowest BCUT2D eigenvalue weighted by atomic mass is 10.1. The fourth-order valence-electron chi connectivity index (χ4n) is 3.19. The van der Waals surface area contributed by atoms with E-state index in [9.17, 15) is 14.4 Å². The van der Waals surface area contributed by atoms with Gasteiger partial charge >= 0.3 is 5.97 Å². The zero-order valence-electron chi connectivity index (χ0n) is 18.8. The number of nitrogens with zero attached hydrogens (tertiary/aromatic N) is 1. The van der Waals surface area contributed by atoms with E-state index in [1.54, 1.807) is 72.8 Å². The second kappa shape index (κ2) is 11.3. The second-order valence-corrected chi connectivity index (χ2v) is 7.41. The molecule has 0 unspecified atom stereocenters. The third-order valence-electron chi connectivity index (χ3n) is 4.88. The van der Waals surface area contributed by atoms with Gasteiger partial charge in [0.1, 0.15) is 11.4 Å². The molecule has 0 saturated carbocycles. The molecule has 0 bridgehead atoms. The van der Waals surface area contributed by atoms with Crippen LogP contribution in [-0.2, 0) is 9.59 Å². The highest BCUT2D eigenvalue weighted by molar-refractivity contribution is 6.05. The Bertz CT molecular complexity index is 1340. The lowest BCUT2D eigenvalue weighted by Crippen LogP contribution is -2.32. The number of hydrogen-bond donors (Lipinski definition) is 3. The number of nitrogens with one attached hydrogen (secondary N) is 2. The molecule has 0 aromatic heterocycles. The number of aliphatic carboxylic acids is 1. The number of carbonyl (C=O) groups excluding carboxylic acids is 2. The normalized spacial score (nSPS) is 12.3. The molecule has 0 aliphatic carbocycles. The molecule has 0 spiro atoms. The average molecular weight is 487 g/mol. The molecule has 0 fully saturated rings. The van der Waals surface area contributed by atoms with Crippen molar-refractivity contribution < 1.29 is 33.7 Å². The maximum Gasteiger partial charge on any atom is 0.341 e. The summed E-state index contributed by atoms with van der Waals surface area (Å²) < 4.78 is 15.9. The maximum absolute atomic E-state index is 13.0. The van der Waals surface area contributed by atoms with Gasteiger partial charge in [-0.1, -0.05) is 36.4 Å². The minimum Gasteiger partial charge on any atom is -0.481 e. The van der Waals surface area contributed by atoms with E-state index in [0.717, 1.165) is 0 Å². The molecule has 0 saturated heterocycles. The third kappa shape index (κ3) is 6.26. The maximum atomic E-state index is 13.0. The van der Waals surface area contributed by atoms with Gasteiger partial charge in [0.2, 0.25) is 6.79 Å². The largest absolute Gasteiger partial charge is 0.481 e. The number of rotatable bonds is 9. The molecule has 0 radical (unpaired) electrons. The molecule has 182 valence electrons. The molecule has 3 N–H and O–H groups in total. The van der Waals surface area contributed by atoms with E-state index in [4.69, 9.17) is 19.3 Å². The molecule has 1 aliphatic rings. The van der Waals surface area contributed by atoms with Crippen LogP contribution in [-0.4, -0.2) is 42.5 Å². The summed E-state index contributed by atoms with van der Waals surface area (Å²) in [4.78, 5) is 36.5. The molecule has 1 heterocycles. The van der Waals surface area contributed by atoms with Crippen LogP contribution in [0.1, 0.15) is 21.5 Å². The van der Waals surface area contributed by atoms with Crippen LogP contribution in [0.4, 0.5) is 0 Å². The Morgan fingerprint density at radius 3 is 2.53 bits per heavy atom. The van der Waals surface area contributed by atoms with Crippen molar-refractivity contribution in [1.82, 2.24) is 10.7 Å². The number of carboxylic acids is 1. The lowest BCUT2D eigenvalue weighted by molar-refractivity contribution is -0.139. The number of ether oxygens (including phenoxy) is 3.